The molecule has 0 amide bonds. The summed E-state index contributed by atoms with van der Waals surface area (Å²) in [7, 11) is 0. The maximum absolute atomic E-state index is 2.33. The highest BCUT2D eigenvalue weighted by molar-refractivity contribution is 8.00. The van der Waals surface area contributed by atoms with Gasteiger partial charge in [0.05, 0.1) is 0 Å². The summed E-state index contributed by atoms with van der Waals surface area (Å²) in [5.41, 5.74) is 0.575. The third-order valence-corrected chi connectivity index (χ3v) is 3.14. The highest BCUT2D eigenvalue weighted by Crippen LogP contribution is 2.38. The van der Waals surface area contributed by atoms with E-state index in [0.29, 0.717) is 5.41 Å². The summed E-state index contributed by atoms with van der Waals surface area (Å²) in [6.07, 6.45) is 0. The van der Waals surface area contributed by atoms with Crippen LogP contribution in [0.2, 0.25) is 0 Å². The van der Waals surface area contributed by atoms with Gasteiger partial charge in [0.25, 0.3) is 0 Å². The summed E-state index contributed by atoms with van der Waals surface area (Å²) < 4.78 is 0. The van der Waals surface area contributed by atoms with E-state index in [9.17, 15) is 0 Å². The van der Waals surface area contributed by atoms with Gasteiger partial charge in [-0.05, 0) is 22.8 Å². The van der Waals surface area contributed by atoms with Crippen LogP contribution in [0.5, 0.6) is 0 Å². The predicted octanol–water partition coefficient (Wildman–Crippen LogP) is 2.40. The van der Waals surface area contributed by atoms with E-state index in [4.69, 9.17) is 0 Å². The van der Waals surface area contributed by atoms with Crippen molar-refractivity contribution in [1.82, 2.24) is 0 Å². The molecule has 0 unspecified atom stereocenters. The van der Waals surface area contributed by atoms with E-state index in [1.807, 2.05) is 0 Å². The number of rotatable bonds is 0. The monoisotopic (exact) mass is 130 g/mol. The van der Waals surface area contributed by atoms with E-state index >= 15 is 0 Å². The second-order valence-electron chi connectivity index (χ2n) is 3.60. The number of thioether (sulfide) groups is 1. The van der Waals surface area contributed by atoms with Gasteiger partial charge in [-0.2, -0.15) is 11.8 Å². The van der Waals surface area contributed by atoms with Crippen LogP contribution in [-0.2, 0) is 0 Å². The lowest BCUT2D eigenvalue weighted by molar-refractivity contribution is 0.281. The molecule has 0 aromatic heterocycles. The van der Waals surface area contributed by atoms with E-state index in [1.54, 1.807) is 0 Å². The van der Waals surface area contributed by atoms with E-state index in [-0.39, 0.29) is 0 Å². The molecule has 1 fully saturated rings. The Kier molecular flexibility index (Phi) is 1.57. The summed E-state index contributed by atoms with van der Waals surface area (Å²) in [5, 5.41) is 0. The van der Waals surface area contributed by atoms with Crippen molar-refractivity contribution in [3.8, 4) is 0 Å². The zero-order valence-electron chi connectivity index (χ0n) is 5.90. The standard InChI is InChI=1S/C7H14S/c1-7(2,3)6-4-8-5-6/h6H,4-5H2,1-3H3. The van der Waals surface area contributed by atoms with Crippen LogP contribution >= 0.6 is 11.8 Å². The first-order valence-corrected chi connectivity index (χ1v) is 4.34. The maximum Gasteiger partial charge on any atom is -0.00261 e. The van der Waals surface area contributed by atoms with E-state index in [1.165, 1.54) is 11.5 Å². The molecular formula is C7H14S. The number of hydrogen-bond acceptors (Lipinski definition) is 1. The van der Waals surface area contributed by atoms with Crippen LogP contribution in [0.4, 0.5) is 0 Å². The fraction of sp³-hybridized carbons (Fsp3) is 1.00. The third kappa shape index (κ3) is 1.19. The summed E-state index contributed by atoms with van der Waals surface area (Å²) in [6.45, 7) is 6.99. The quantitative estimate of drug-likeness (QED) is 0.485. The highest BCUT2D eigenvalue weighted by Gasteiger charge is 2.29. The molecule has 0 radical (unpaired) electrons. The first kappa shape index (κ1) is 6.47. The van der Waals surface area contributed by atoms with Crippen molar-refractivity contribution in [3.05, 3.63) is 0 Å². The van der Waals surface area contributed by atoms with Gasteiger partial charge in [0, 0.05) is 0 Å². The average Bonchev–Trinajstić information content (AvgIpc) is 1.16. The zero-order valence-corrected chi connectivity index (χ0v) is 6.72. The molecule has 0 bridgehead atoms. The van der Waals surface area contributed by atoms with Crippen LogP contribution in [0, 0.1) is 11.3 Å². The third-order valence-electron chi connectivity index (χ3n) is 1.86. The van der Waals surface area contributed by atoms with Crippen LogP contribution in [0.15, 0.2) is 0 Å². The Morgan fingerprint density at radius 3 is 1.75 bits per heavy atom. The van der Waals surface area contributed by atoms with Crippen molar-refractivity contribution in [2.24, 2.45) is 11.3 Å². The second kappa shape index (κ2) is 1.94. The smallest absolute Gasteiger partial charge is 0.00261 e. The minimum absolute atomic E-state index is 0.575. The van der Waals surface area contributed by atoms with Crippen LogP contribution in [0.3, 0.4) is 0 Å². The molecule has 0 aromatic rings. The van der Waals surface area contributed by atoms with Gasteiger partial charge in [0.1, 0.15) is 0 Å². The molecule has 0 spiro atoms. The van der Waals surface area contributed by atoms with Crippen molar-refractivity contribution < 1.29 is 0 Å². The summed E-state index contributed by atoms with van der Waals surface area (Å²) in [4.78, 5) is 0. The van der Waals surface area contributed by atoms with Gasteiger partial charge in [-0.25, -0.2) is 0 Å². The van der Waals surface area contributed by atoms with Gasteiger partial charge in [-0.3, -0.25) is 0 Å². The molecule has 1 heterocycles. The topological polar surface area (TPSA) is 0 Å². The molecule has 48 valence electrons. The Bertz CT molecular complexity index is 76.9. The molecule has 0 N–H and O–H groups in total. The average molecular weight is 130 g/mol. The Morgan fingerprint density at radius 2 is 1.75 bits per heavy atom. The molecule has 1 aliphatic heterocycles. The second-order valence-corrected chi connectivity index (χ2v) is 4.68. The van der Waals surface area contributed by atoms with Gasteiger partial charge in [-0.1, -0.05) is 20.8 Å². The minimum Gasteiger partial charge on any atom is -0.161 e. The van der Waals surface area contributed by atoms with Gasteiger partial charge >= 0.3 is 0 Å². The lowest BCUT2D eigenvalue weighted by atomic mass is 9.83. The maximum atomic E-state index is 2.33. The molecular weight excluding hydrogens is 116 g/mol. The number of hydrogen-bond donors (Lipinski definition) is 0. The highest BCUT2D eigenvalue weighted by atomic mass is 32.2. The normalized spacial score (nSPS) is 22.9. The molecule has 1 aliphatic rings. The molecule has 0 nitrogen and oxygen atoms in total. The van der Waals surface area contributed by atoms with Crippen LogP contribution in [-0.4, -0.2) is 11.5 Å². The van der Waals surface area contributed by atoms with Crippen molar-refractivity contribution in [1.29, 1.82) is 0 Å². The van der Waals surface area contributed by atoms with Crippen LogP contribution < -0.4 is 0 Å². The molecule has 0 aliphatic carbocycles. The Balaban J connectivity index is 2.34. The molecule has 1 heteroatoms. The lowest BCUT2D eigenvalue weighted by Gasteiger charge is -2.36. The Hall–Kier alpha value is 0.350. The van der Waals surface area contributed by atoms with E-state index < -0.39 is 0 Å². The first-order valence-electron chi connectivity index (χ1n) is 3.18. The van der Waals surface area contributed by atoms with Crippen LogP contribution in [0.1, 0.15) is 20.8 Å². The van der Waals surface area contributed by atoms with Crippen molar-refractivity contribution in [2.75, 3.05) is 11.5 Å². The SMILES string of the molecule is CC(C)(C)C1CSC1. The molecule has 0 saturated carbocycles. The summed E-state index contributed by atoms with van der Waals surface area (Å²) in [5.74, 6) is 3.78. The minimum atomic E-state index is 0.575. The van der Waals surface area contributed by atoms with Crippen molar-refractivity contribution in [2.45, 2.75) is 20.8 Å². The molecule has 1 saturated heterocycles. The largest absolute Gasteiger partial charge is 0.161 e. The van der Waals surface area contributed by atoms with Gasteiger partial charge in [0.15, 0.2) is 0 Å². The lowest BCUT2D eigenvalue weighted by Crippen LogP contribution is -2.31. The van der Waals surface area contributed by atoms with Gasteiger partial charge < -0.3 is 0 Å². The predicted molar refractivity (Wildman–Crippen MR) is 40.3 cm³/mol. The molecule has 8 heavy (non-hydrogen) atoms. The van der Waals surface area contributed by atoms with Crippen LogP contribution in [0.25, 0.3) is 0 Å². The molecule has 0 atom stereocenters. The zero-order chi connectivity index (χ0) is 6.20. The van der Waals surface area contributed by atoms with Crippen molar-refractivity contribution in [3.63, 3.8) is 0 Å². The van der Waals surface area contributed by atoms with E-state index in [2.05, 4.69) is 32.5 Å². The summed E-state index contributed by atoms with van der Waals surface area (Å²) >= 11 is 2.07. The Morgan fingerprint density at radius 1 is 1.25 bits per heavy atom. The summed E-state index contributed by atoms with van der Waals surface area (Å²) in [6, 6.07) is 0. The molecule has 0 aromatic carbocycles. The molecule has 1 rings (SSSR count). The fourth-order valence-corrected chi connectivity index (χ4v) is 2.21. The Labute approximate surface area is 56.0 Å². The fourth-order valence-electron chi connectivity index (χ4n) is 0.736. The van der Waals surface area contributed by atoms with Gasteiger partial charge in [-0.15, -0.1) is 0 Å². The van der Waals surface area contributed by atoms with Crippen molar-refractivity contribution >= 4 is 11.8 Å². The van der Waals surface area contributed by atoms with Gasteiger partial charge in [0.2, 0.25) is 0 Å². The van der Waals surface area contributed by atoms with E-state index in [0.717, 1.165) is 5.92 Å². The first-order chi connectivity index (χ1) is 3.61.